The molecule has 66 heavy (non-hydrogen) atoms. The summed E-state index contributed by atoms with van der Waals surface area (Å²) < 4.78 is 56.2. The maximum Gasteiger partial charge on any atom is 0.408 e. The molecule has 2 rings (SSSR count). The second kappa shape index (κ2) is 34.7. The maximum absolute atomic E-state index is 13.6. The number of primary amides is 1. The largest absolute Gasteiger partial charge is 0.444 e. The smallest absolute Gasteiger partial charge is 0.408 e. The quantitative estimate of drug-likeness (QED) is 0.0605. The van der Waals surface area contributed by atoms with Crippen LogP contribution in [0.5, 0.6) is 0 Å². The summed E-state index contributed by atoms with van der Waals surface area (Å²) in [7, 11) is 1.63. The predicted molar refractivity (Wildman–Crippen MR) is 242 cm³/mol. The van der Waals surface area contributed by atoms with Gasteiger partial charge in [0.1, 0.15) is 23.4 Å². The molecular formula is C44H75N8O14. The molecule has 22 heteroatoms. The van der Waals surface area contributed by atoms with Gasteiger partial charge in [-0.3, -0.25) is 9.59 Å². The number of hydrogen-bond donors (Lipinski definition) is 5. The van der Waals surface area contributed by atoms with E-state index in [1.165, 1.54) is 0 Å². The molecule has 1 aromatic carbocycles. The number of amides is 5. The normalized spacial score (nSPS) is 12.5. The van der Waals surface area contributed by atoms with E-state index in [0.717, 1.165) is 5.56 Å². The van der Waals surface area contributed by atoms with Crippen molar-refractivity contribution < 1.29 is 66.5 Å². The van der Waals surface area contributed by atoms with Crippen LogP contribution in [0.15, 0.2) is 24.4 Å². The van der Waals surface area contributed by atoms with Crippen LogP contribution in [0.4, 0.5) is 15.3 Å². The van der Waals surface area contributed by atoms with Crippen LogP contribution in [-0.2, 0) is 76.7 Å². The predicted octanol–water partition coefficient (Wildman–Crippen LogP) is 2.36. The van der Waals surface area contributed by atoms with Crippen molar-refractivity contribution in [1.29, 1.82) is 0 Å². The van der Waals surface area contributed by atoms with Crippen molar-refractivity contribution >= 4 is 29.6 Å². The van der Waals surface area contributed by atoms with E-state index < -0.39 is 41.6 Å². The standard InChI is InChI=1S/C44H75N8O14/c1-33(2)39(49-43(56)66-44(4,5)6)41(54)48-38(9-8-12-46-42(45)55)40(53)47-36-11-10-34(3)35(29-36)31-65-32-37-30-52(51-50-37)13-14-58-17-18-60-21-22-62-25-26-64-28-27-63-24-23-61-20-19-59-16-15-57-7/h10-11,29-30,33,38-39H,3,8-9,12-28,31-32H2,1-2,4-7H3,(H,47,53)(H,48,54)(H,49,56)(H3,45,46,55)/t38-,39-/m0/s1. The third-order valence-corrected chi connectivity index (χ3v) is 8.92. The van der Waals surface area contributed by atoms with E-state index in [0.29, 0.717) is 129 Å². The van der Waals surface area contributed by atoms with Crippen LogP contribution in [0.1, 0.15) is 64.3 Å². The van der Waals surface area contributed by atoms with E-state index in [2.05, 4.69) is 38.5 Å². The van der Waals surface area contributed by atoms with E-state index in [-0.39, 0.29) is 32.1 Å². The Hall–Kier alpha value is -4.52. The zero-order valence-electron chi connectivity index (χ0n) is 39.7. The van der Waals surface area contributed by atoms with Gasteiger partial charge in [-0.25, -0.2) is 14.3 Å². The van der Waals surface area contributed by atoms with E-state index in [9.17, 15) is 19.2 Å². The van der Waals surface area contributed by atoms with Gasteiger partial charge in [-0.05, 0) is 69.7 Å². The highest BCUT2D eigenvalue weighted by molar-refractivity contribution is 5.98. The zero-order valence-corrected chi connectivity index (χ0v) is 39.7. The number of urea groups is 1. The van der Waals surface area contributed by atoms with E-state index >= 15 is 0 Å². The number of rotatable bonds is 38. The monoisotopic (exact) mass is 940 g/mol. The summed E-state index contributed by atoms with van der Waals surface area (Å²) in [4.78, 5) is 50.7. The lowest BCUT2D eigenvalue weighted by Crippen LogP contribution is -2.55. The molecule has 1 heterocycles. The van der Waals surface area contributed by atoms with Gasteiger partial charge in [-0.1, -0.05) is 25.1 Å². The highest BCUT2D eigenvalue weighted by Crippen LogP contribution is 2.18. The molecule has 22 nitrogen and oxygen atoms in total. The summed E-state index contributed by atoms with van der Waals surface area (Å²) in [5.74, 6) is -1.40. The van der Waals surface area contributed by atoms with Crippen molar-refractivity contribution in [1.82, 2.24) is 30.9 Å². The zero-order chi connectivity index (χ0) is 48.4. The van der Waals surface area contributed by atoms with Gasteiger partial charge < -0.3 is 74.4 Å². The molecule has 5 amide bonds. The lowest BCUT2D eigenvalue weighted by molar-refractivity contribution is -0.128. The first kappa shape index (κ1) is 57.6. The summed E-state index contributed by atoms with van der Waals surface area (Å²) in [5.41, 5.74) is 6.90. The minimum absolute atomic E-state index is 0.165. The third kappa shape index (κ3) is 28.5. The third-order valence-electron chi connectivity index (χ3n) is 8.92. The van der Waals surface area contributed by atoms with Crippen LogP contribution < -0.4 is 27.0 Å². The first-order valence-corrected chi connectivity index (χ1v) is 22.3. The molecule has 0 saturated heterocycles. The molecule has 1 radical (unpaired) electrons. The Labute approximate surface area is 389 Å². The number of benzene rings is 1. The topological polar surface area (TPSA) is 265 Å². The van der Waals surface area contributed by atoms with Crippen LogP contribution in [0.25, 0.3) is 0 Å². The number of carbonyl (C=O) groups excluding carboxylic acids is 4. The number of nitrogens with two attached hydrogens (primary N) is 1. The number of aromatic nitrogens is 3. The molecule has 1 aromatic heterocycles. The van der Waals surface area contributed by atoms with Crippen LogP contribution >= 0.6 is 0 Å². The Morgan fingerprint density at radius 3 is 1.80 bits per heavy atom. The number of carbonyl (C=O) groups is 4. The van der Waals surface area contributed by atoms with Gasteiger partial charge in [-0.2, -0.15) is 0 Å². The van der Waals surface area contributed by atoms with Crippen LogP contribution in [0.3, 0.4) is 0 Å². The number of nitrogens with zero attached hydrogens (tertiary/aromatic N) is 3. The van der Waals surface area contributed by atoms with E-state index in [1.54, 1.807) is 70.8 Å². The fourth-order valence-electron chi connectivity index (χ4n) is 5.59. The first-order valence-electron chi connectivity index (χ1n) is 22.3. The number of anilines is 1. The molecule has 0 aliphatic rings. The lowest BCUT2D eigenvalue weighted by Gasteiger charge is -2.27. The number of nitrogens with one attached hydrogen (secondary N) is 4. The van der Waals surface area contributed by atoms with Crippen molar-refractivity contribution in [2.75, 3.05) is 118 Å². The lowest BCUT2D eigenvalue weighted by atomic mass is 10.0. The number of alkyl carbamates (subject to hydrolysis) is 1. The van der Waals surface area contributed by atoms with Gasteiger partial charge in [0, 0.05) is 19.3 Å². The number of ether oxygens (including phenoxy) is 10. The van der Waals surface area contributed by atoms with Gasteiger partial charge in [0.25, 0.3) is 0 Å². The summed E-state index contributed by atoms with van der Waals surface area (Å²) in [6.07, 6.45) is 1.51. The minimum Gasteiger partial charge on any atom is -0.444 e. The van der Waals surface area contributed by atoms with Crippen LogP contribution in [0.2, 0.25) is 0 Å². The van der Waals surface area contributed by atoms with Gasteiger partial charge in [0.15, 0.2) is 0 Å². The molecule has 6 N–H and O–H groups in total. The minimum atomic E-state index is -1.02. The molecule has 0 spiro atoms. The molecule has 0 aliphatic heterocycles. The first-order chi connectivity index (χ1) is 31.7. The number of methoxy groups -OCH3 is 1. The number of hydrogen-bond acceptors (Lipinski definition) is 16. The molecular weight excluding hydrogens is 865 g/mol. The fourth-order valence-corrected chi connectivity index (χ4v) is 5.59. The second-order valence-corrected chi connectivity index (χ2v) is 16.1. The average molecular weight is 940 g/mol. The molecule has 0 bridgehead atoms. The van der Waals surface area contributed by atoms with Gasteiger partial charge in [-0.15, -0.1) is 5.10 Å². The van der Waals surface area contributed by atoms with Crippen LogP contribution in [0, 0.1) is 12.8 Å². The Bertz CT molecular complexity index is 1640. The van der Waals surface area contributed by atoms with Crippen molar-refractivity contribution in [3.8, 4) is 0 Å². The molecule has 375 valence electrons. The van der Waals surface area contributed by atoms with Gasteiger partial charge in [0.2, 0.25) is 11.8 Å². The molecule has 2 aromatic rings. The Kier molecular flexibility index (Phi) is 30.3. The van der Waals surface area contributed by atoms with Crippen molar-refractivity contribution in [3.63, 3.8) is 0 Å². The SMILES string of the molecule is [CH2]c1ccc(NC(=O)[C@H](CCCNC(N)=O)NC(=O)[C@@H](NC(=O)OC(C)(C)C)C(C)C)cc1COCc1cn(CCOCCOCCOCCOCCOCCOCCOCCOC)nn1. The Morgan fingerprint density at radius 1 is 0.742 bits per heavy atom. The van der Waals surface area contributed by atoms with Crippen LogP contribution in [-0.4, -0.2) is 169 Å². The van der Waals surface area contributed by atoms with E-state index in [4.69, 9.17) is 53.1 Å². The average Bonchev–Trinajstić information content (AvgIpc) is 3.71. The second-order valence-electron chi connectivity index (χ2n) is 16.1. The summed E-state index contributed by atoms with van der Waals surface area (Å²) >= 11 is 0. The van der Waals surface area contributed by atoms with Crippen molar-refractivity contribution in [2.24, 2.45) is 11.7 Å². The summed E-state index contributed by atoms with van der Waals surface area (Å²) in [6, 6.07) is 2.46. The van der Waals surface area contributed by atoms with Gasteiger partial charge in [0.05, 0.1) is 125 Å². The molecule has 0 fully saturated rings. The highest BCUT2D eigenvalue weighted by atomic mass is 16.6. The molecule has 0 unspecified atom stereocenters. The Morgan fingerprint density at radius 2 is 1.29 bits per heavy atom. The fraction of sp³-hybridized carbons (Fsp3) is 0.705. The summed E-state index contributed by atoms with van der Waals surface area (Å²) in [5, 5.41) is 19.0. The van der Waals surface area contributed by atoms with Crippen molar-refractivity contribution in [2.45, 2.75) is 84.9 Å². The summed E-state index contributed by atoms with van der Waals surface area (Å²) in [6.45, 7) is 21.0. The van der Waals surface area contributed by atoms with Crippen molar-refractivity contribution in [3.05, 3.63) is 48.1 Å². The molecule has 0 aliphatic carbocycles. The van der Waals surface area contributed by atoms with Gasteiger partial charge >= 0.3 is 12.1 Å². The maximum atomic E-state index is 13.6. The molecule has 2 atom stereocenters. The molecule has 0 saturated carbocycles. The highest BCUT2D eigenvalue weighted by Gasteiger charge is 2.30. The van der Waals surface area contributed by atoms with E-state index in [1.807, 2.05) is 0 Å². The Balaban J connectivity index is 1.66.